The molecule has 0 unspecified atom stereocenters. The van der Waals surface area contributed by atoms with Gasteiger partial charge < -0.3 is 10.4 Å². The van der Waals surface area contributed by atoms with Crippen LogP contribution in [0, 0.1) is 0 Å². The van der Waals surface area contributed by atoms with Crippen molar-refractivity contribution in [3.8, 4) is 0 Å². The second kappa shape index (κ2) is 9.55. The molecule has 0 aliphatic carbocycles. The Morgan fingerprint density at radius 2 is 1.69 bits per heavy atom. The van der Waals surface area contributed by atoms with Gasteiger partial charge in [0, 0.05) is 22.6 Å². The first-order valence-electron chi connectivity index (χ1n) is 8.56. The first kappa shape index (κ1) is 22.7. The number of benzene rings is 1. The SMILES string of the molecule is CC(C)(C)SSC[C@@H](C(=O)NCc1ccccc1)N(C(=O)O)C(C)(C)C. The van der Waals surface area contributed by atoms with Crippen molar-refractivity contribution in [2.75, 3.05) is 5.75 Å². The van der Waals surface area contributed by atoms with Gasteiger partial charge in [0.1, 0.15) is 6.04 Å². The van der Waals surface area contributed by atoms with E-state index in [2.05, 4.69) is 26.1 Å². The molecule has 2 amide bonds. The van der Waals surface area contributed by atoms with Gasteiger partial charge in [-0.1, -0.05) is 72.7 Å². The van der Waals surface area contributed by atoms with Gasteiger partial charge in [0.2, 0.25) is 5.91 Å². The Labute approximate surface area is 164 Å². The van der Waals surface area contributed by atoms with Gasteiger partial charge >= 0.3 is 6.09 Å². The van der Waals surface area contributed by atoms with Crippen molar-refractivity contribution in [3.63, 3.8) is 0 Å². The van der Waals surface area contributed by atoms with E-state index in [-0.39, 0.29) is 10.7 Å². The van der Waals surface area contributed by atoms with Gasteiger partial charge in [0.05, 0.1) is 0 Å². The maximum Gasteiger partial charge on any atom is 0.408 e. The molecule has 0 aliphatic heterocycles. The Bertz CT molecular complexity index is 595. The van der Waals surface area contributed by atoms with Crippen molar-refractivity contribution in [1.82, 2.24) is 10.2 Å². The van der Waals surface area contributed by atoms with E-state index in [1.165, 1.54) is 15.7 Å². The summed E-state index contributed by atoms with van der Waals surface area (Å²) in [6.07, 6.45) is -1.08. The van der Waals surface area contributed by atoms with E-state index >= 15 is 0 Å². The maximum atomic E-state index is 12.8. The van der Waals surface area contributed by atoms with Crippen LogP contribution < -0.4 is 5.32 Å². The molecule has 1 aromatic rings. The lowest BCUT2D eigenvalue weighted by Crippen LogP contribution is -2.57. The normalized spacial score (nSPS) is 13.2. The molecule has 0 saturated carbocycles. The Morgan fingerprint density at radius 3 is 2.15 bits per heavy atom. The second-order valence-corrected chi connectivity index (χ2v) is 11.2. The van der Waals surface area contributed by atoms with E-state index in [4.69, 9.17) is 0 Å². The van der Waals surface area contributed by atoms with E-state index in [9.17, 15) is 14.7 Å². The summed E-state index contributed by atoms with van der Waals surface area (Å²) in [6, 6.07) is 8.84. The molecule has 146 valence electrons. The highest BCUT2D eigenvalue weighted by Crippen LogP contribution is 2.36. The molecule has 0 spiro atoms. The summed E-state index contributed by atoms with van der Waals surface area (Å²) < 4.78 is 0.0333. The first-order chi connectivity index (χ1) is 11.9. The number of carbonyl (C=O) groups excluding carboxylic acids is 1. The summed E-state index contributed by atoms with van der Waals surface area (Å²) in [5.41, 5.74) is 0.307. The van der Waals surface area contributed by atoms with Gasteiger partial charge in [-0.15, -0.1) is 0 Å². The summed E-state index contributed by atoms with van der Waals surface area (Å²) >= 11 is 0. The fourth-order valence-electron chi connectivity index (χ4n) is 2.33. The lowest BCUT2D eigenvalue weighted by atomic mass is 10.0. The molecule has 0 heterocycles. The quantitative estimate of drug-likeness (QED) is 0.655. The van der Waals surface area contributed by atoms with Gasteiger partial charge in [0.15, 0.2) is 0 Å². The average Bonchev–Trinajstić information content (AvgIpc) is 2.49. The van der Waals surface area contributed by atoms with Gasteiger partial charge in [-0.25, -0.2) is 4.79 Å². The first-order valence-corrected chi connectivity index (χ1v) is 10.9. The molecular weight excluding hydrogens is 368 g/mol. The number of hydrogen-bond acceptors (Lipinski definition) is 4. The molecule has 2 N–H and O–H groups in total. The molecule has 26 heavy (non-hydrogen) atoms. The summed E-state index contributed by atoms with van der Waals surface area (Å²) in [4.78, 5) is 25.9. The van der Waals surface area contributed by atoms with Crippen LogP contribution in [0.3, 0.4) is 0 Å². The van der Waals surface area contributed by atoms with E-state index in [0.29, 0.717) is 12.3 Å². The highest BCUT2D eigenvalue weighted by Gasteiger charge is 2.37. The Hall–Kier alpha value is -1.34. The number of carbonyl (C=O) groups is 2. The standard InChI is InChI=1S/C19H30N2O3S2/c1-18(2,3)21(17(23)24)15(13-25-26-19(4,5)6)16(22)20-12-14-10-8-7-9-11-14/h7-11,15H,12-13H2,1-6H3,(H,20,22)(H,23,24)/t15-/m0/s1. The van der Waals surface area contributed by atoms with E-state index in [1.807, 2.05) is 30.3 Å². The zero-order valence-corrected chi connectivity index (χ0v) is 18.0. The molecule has 0 saturated heterocycles. The number of hydrogen-bond donors (Lipinski definition) is 2. The van der Waals surface area contributed by atoms with Crippen LogP contribution in [-0.4, -0.2) is 44.1 Å². The third kappa shape index (κ3) is 7.91. The van der Waals surface area contributed by atoms with Crippen LogP contribution in [0.15, 0.2) is 30.3 Å². The number of nitrogens with one attached hydrogen (secondary N) is 1. The van der Waals surface area contributed by atoms with Crippen molar-refractivity contribution in [1.29, 1.82) is 0 Å². The fourth-order valence-corrected chi connectivity index (χ4v) is 4.84. The number of amides is 2. The van der Waals surface area contributed by atoms with Crippen molar-refractivity contribution in [3.05, 3.63) is 35.9 Å². The molecule has 1 rings (SSSR count). The van der Waals surface area contributed by atoms with E-state index in [0.717, 1.165) is 5.56 Å². The van der Waals surface area contributed by atoms with Crippen LogP contribution in [0.1, 0.15) is 47.1 Å². The monoisotopic (exact) mass is 398 g/mol. The zero-order valence-electron chi connectivity index (χ0n) is 16.4. The molecule has 0 aromatic heterocycles. The van der Waals surface area contributed by atoms with E-state index < -0.39 is 17.7 Å². The van der Waals surface area contributed by atoms with Crippen molar-refractivity contribution in [2.45, 2.75) is 64.4 Å². The molecule has 0 radical (unpaired) electrons. The van der Waals surface area contributed by atoms with Gasteiger partial charge in [-0.2, -0.15) is 0 Å². The third-order valence-corrected chi connectivity index (χ3v) is 6.72. The maximum absolute atomic E-state index is 12.8. The number of rotatable bonds is 7. The lowest BCUT2D eigenvalue weighted by Gasteiger charge is -2.38. The smallest absolute Gasteiger partial charge is 0.408 e. The molecular formula is C19H30N2O3S2. The van der Waals surface area contributed by atoms with Crippen LogP contribution >= 0.6 is 21.6 Å². The minimum atomic E-state index is -1.08. The van der Waals surface area contributed by atoms with Crippen LogP contribution in [0.2, 0.25) is 0 Å². The summed E-state index contributed by atoms with van der Waals surface area (Å²) in [5, 5.41) is 12.6. The summed E-state index contributed by atoms with van der Waals surface area (Å²) in [6.45, 7) is 12.1. The molecule has 1 aromatic carbocycles. The van der Waals surface area contributed by atoms with Crippen LogP contribution in [-0.2, 0) is 11.3 Å². The highest BCUT2D eigenvalue weighted by atomic mass is 33.1. The Kier molecular flexibility index (Phi) is 8.34. The van der Waals surface area contributed by atoms with Gasteiger partial charge in [-0.3, -0.25) is 9.69 Å². The molecule has 0 fully saturated rings. The highest BCUT2D eigenvalue weighted by molar-refractivity contribution is 8.77. The molecule has 1 atom stereocenters. The third-order valence-electron chi connectivity index (χ3n) is 3.39. The molecule has 7 heteroatoms. The minimum absolute atomic E-state index is 0.0333. The van der Waals surface area contributed by atoms with Crippen LogP contribution in [0.4, 0.5) is 4.79 Å². The Balaban J connectivity index is 2.90. The number of carboxylic acid groups (broad SMARTS) is 1. The van der Waals surface area contributed by atoms with Crippen LogP contribution in [0.25, 0.3) is 0 Å². The predicted octanol–water partition coefficient (Wildman–Crippen LogP) is 4.63. The molecule has 0 aliphatic rings. The van der Waals surface area contributed by atoms with Gasteiger partial charge in [-0.05, 0) is 26.3 Å². The lowest BCUT2D eigenvalue weighted by molar-refractivity contribution is -0.126. The average molecular weight is 399 g/mol. The summed E-state index contributed by atoms with van der Waals surface area (Å²) in [7, 11) is 3.18. The zero-order chi connectivity index (χ0) is 20.0. The van der Waals surface area contributed by atoms with E-state index in [1.54, 1.807) is 31.6 Å². The van der Waals surface area contributed by atoms with Crippen molar-refractivity contribution < 1.29 is 14.7 Å². The molecule has 0 bridgehead atoms. The number of nitrogens with zero attached hydrogens (tertiary/aromatic N) is 1. The largest absolute Gasteiger partial charge is 0.465 e. The second-order valence-electron chi connectivity index (χ2n) is 8.02. The minimum Gasteiger partial charge on any atom is -0.465 e. The van der Waals surface area contributed by atoms with Crippen molar-refractivity contribution >= 4 is 33.6 Å². The summed E-state index contributed by atoms with van der Waals surface area (Å²) in [5.74, 6) is 0.125. The predicted molar refractivity (Wildman–Crippen MR) is 111 cm³/mol. The van der Waals surface area contributed by atoms with Crippen molar-refractivity contribution in [2.24, 2.45) is 0 Å². The topological polar surface area (TPSA) is 69.6 Å². The fraction of sp³-hybridized carbons (Fsp3) is 0.579. The Morgan fingerprint density at radius 1 is 1.12 bits per heavy atom. The van der Waals surface area contributed by atoms with Crippen LogP contribution in [0.5, 0.6) is 0 Å². The van der Waals surface area contributed by atoms with Gasteiger partial charge in [0.25, 0.3) is 0 Å². The molecule has 5 nitrogen and oxygen atoms in total.